The quantitative estimate of drug-likeness (QED) is 0.807. The monoisotopic (exact) mass is 335 g/mol. The lowest BCUT2D eigenvalue weighted by Gasteiger charge is -2.35. The number of ether oxygens (including phenoxy) is 2. The minimum absolute atomic E-state index is 0.0898. The van der Waals surface area contributed by atoms with E-state index in [4.69, 9.17) is 9.47 Å². The summed E-state index contributed by atoms with van der Waals surface area (Å²) in [6, 6.07) is 4.28. The normalized spacial score (nSPS) is 19.0. The molecule has 2 heterocycles. The van der Waals surface area contributed by atoms with E-state index in [1.54, 1.807) is 18.2 Å². The van der Waals surface area contributed by atoms with E-state index in [9.17, 15) is 14.7 Å². The number of fused-ring (bicyclic) bond motifs is 1. The van der Waals surface area contributed by atoms with Gasteiger partial charge < -0.3 is 24.8 Å². The Morgan fingerprint density at radius 3 is 2.62 bits per heavy atom. The molecule has 2 aliphatic heterocycles. The molecule has 2 N–H and O–H groups in total. The molecule has 0 aliphatic carbocycles. The Morgan fingerprint density at radius 2 is 1.92 bits per heavy atom. The average molecular weight is 335 g/mol. The zero-order valence-corrected chi connectivity index (χ0v) is 13.5. The van der Waals surface area contributed by atoms with Gasteiger partial charge in [0.05, 0.1) is 6.42 Å². The van der Waals surface area contributed by atoms with Crippen LogP contribution in [0.25, 0.3) is 0 Å². The lowest BCUT2D eigenvalue weighted by molar-refractivity contribution is -0.145. The maximum absolute atomic E-state index is 12.3. The molecule has 2 aliphatic rings. The molecule has 0 spiro atoms. The lowest BCUT2D eigenvalue weighted by Crippen LogP contribution is -2.52. The van der Waals surface area contributed by atoms with Crippen molar-refractivity contribution in [3.05, 3.63) is 18.2 Å². The second kappa shape index (κ2) is 7.06. The molecule has 8 heteroatoms. The van der Waals surface area contributed by atoms with Crippen LogP contribution in [0.4, 0.5) is 5.69 Å². The van der Waals surface area contributed by atoms with Gasteiger partial charge in [0.25, 0.3) is 0 Å². The van der Waals surface area contributed by atoms with E-state index in [1.165, 1.54) is 0 Å². The molecule has 0 saturated carbocycles. The summed E-state index contributed by atoms with van der Waals surface area (Å²) in [5.41, 5.74) is 0.562. The van der Waals surface area contributed by atoms with Crippen molar-refractivity contribution in [3.8, 4) is 11.5 Å². The van der Waals surface area contributed by atoms with Gasteiger partial charge in [0.1, 0.15) is 6.04 Å². The summed E-state index contributed by atoms with van der Waals surface area (Å²) >= 11 is 0. The molecule has 0 bridgehead atoms. The minimum atomic E-state index is -0.972. The third kappa shape index (κ3) is 3.77. The average Bonchev–Trinajstić information content (AvgIpc) is 3.01. The van der Waals surface area contributed by atoms with Gasteiger partial charge in [0.15, 0.2) is 11.5 Å². The number of carbonyl (C=O) groups excluding carboxylic acids is 1. The van der Waals surface area contributed by atoms with Crippen LogP contribution in [0.2, 0.25) is 0 Å². The van der Waals surface area contributed by atoms with E-state index in [0.717, 1.165) is 13.1 Å². The summed E-state index contributed by atoms with van der Waals surface area (Å²) < 4.78 is 10.5. The van der Waals surface area contributed by atoms with Crippen molar-refractivity contribution in [2.45, 2.75) is 12.5 Å². The fraction of sp³-hybridized carbons (Fsp3) is 0.500. The summed E-state index contributed by atoms with van der Waals surface area (Å²) in [6.45, 7) is 3.05. The highest BCUT2D eigenvalue weighted by Gasteiger charge is 2.30. The van der Waals surface area contributed by atoms with Gasteiger partial charge in [0.2, 0.25) is 12.7 Å². The Bertz CT molecular complexity index is 628. The van der Waals surface area contributed by atoms with Crippen LogP contribution in [0.1, 0.15) is 6.42 Å². The number of nitrogens with zero attached hydrogens (tertiary/aromatic N) is 2. The van der Waals surface area contributed by atoms with Gasteiger partial charge in [-0.25, -0.2) is 0 Å². The topological polar surface area (TPSA) is 91.3 Å². The lowest BCUT2D eigenvalue weighted by atomic mass is 10.1. The van der Waals surface area contributed by atoms with Crippen molar-refractivity contribution in [3.63, 3.8) is 0 Å². The maximum Gasteiger partial charge on any atom is 0.321 e. The molecule has 1 aromatic carbocycles. The number of carboxylic acids is 1. The molecule has 1 amide bonds. The van der Waals surface area contributed by atoms with E-state index >= 15 is 0 Å². The number of carbonyl (C=O) groups is 2. The minimum Gasteiger partial charge on any atom is -0.480 e. The number of amides is 1. The van der Waals surface area contributed by atoms with Gasteiger partial charge in [-0.1, -0.05) is 0 Å². The molecule has 0 unspecified atom stereocenters. The summed E-state index contributed by atoms with van der Waals surface area (Å²) in [6.07, 6.45) is -0.0898. The van der Waals surface area contributed by atoms with E-state index < -0.39 is 12.0 Å². The molecule has 1 atom stereocenters. The fourth-order valence-corrected chi connectivity index (χ4v) is 2.87. The van der Waals surface area contributed by atoms with Crippen molar-refractivity contribution in [2.24, 2.45) is 0 Å². The van der Waals surface area contributed by atoms with E-state index in [2.05, 4.69) is 10.2 Å². The van der Waals surface area contributed by atoms with Crippen LogP contribution >= 0.6 is 0 Å². The first-order valence-electron chi connectivity index (χ1n) is 7.88. The van der Waals surface area contributed by atoms with Gasteiger partial charge in [0, 0.05) is 37.9 Å². The SMILES string of the molecule is CN1CCN([C@H](CC(=O)Nc2ccc3c(c2)OCO3)C(=O)O)CC1. The Balaban J connectivity index is 1.60. The van der Waals surface area contributed by atoms with Crippen LogP contribution in [0, 0.1) is 0 Å². The summed E-state index contributed by atoms with van der Waals surface area (Å²) in [7, 11) is 2.00. The third-order valence-electron chi connectivity index (χ3n) is 4.30. The van der Waals surface area contributed by atoms with Crippen molar-refractivity contribution < 1.29 is 24.2 Å². The van der Waals surface area contributed by atoms with Crippen LogP contribution < -0.4 is 14.8 Å². The second-order valence-corrected chi connectivity index (χ2v) is 6.01. The molecule has 3 rings (SSSR count). The van der Waals surface area contributed by atoms with Crippen LogP contribution in [0.5, 0.6) is 11.5 Å². The first kappa shape index (κ1) is 16.5. The number of rotatable bonds is 5. The summed E-state index contributed by atoms with van der Waals surface area (Å²) in [5.74, 6) is -0.101. The number of hydrogen-bond donors (Lipinski definition) is 2. The Morgan fingerprint density at radius 1 is 1.21 bits per heavy atom. The molecule has 0 aromatic heterocycles. The van der Waals surface area contributed by atoms with Gasteiger partial charge in [-0.3, -0.25) is 14.5 Å². The zero-order chi connectivity index (χ0) is 17.1. The number of piperazine rings is 1. The smallest absolute Gasteiger partial charge is 0.321 e. The molecule has 1 aromatic rings. The zero-order valence-electron chi connectivity index (χ0n) is 13.5. The molecule has 24 heavy (non-hydrogen) atoms. The number of likely N-dealkylation sites (N-methyl/N-ethyl adjacent to an activating group) is 1. The van der Waals surface area contributed by atoms with E-state index in [0.29, 0.717) is 30.3 Å². The maximum atomic E-state index is 12.3. The summed E-state index contributed by atoms with van der Waals surface area (Å²) in [4.78, 5) is 27.8. The van der Waals surface area contributed by atoms with E-state index in [1.807, 2.05) is 11.9 Å². The van der Waals surface area contributed by atoms with Crippen molar-refractivity contribution in [2.75, 3.05) is 45.3 Å². The van der Waals surface area contributed by atoms with Crippen LogP contribution in [-0.4, -0.2) is 72.8 Å². The predicted molar refractivity (Wildman–Crippen MR) is 86.3 cm³/mol. The Labute approximate surface area is 139 Å². The molecular weight excluding hydrogens is 314 g/mol. The van der Waals surface area contributed by atoms with E-state index in [-0.39, 0.29) is 19.1 Å². The molecule has 1 fully saturated rings. The Kier molecular flexibility index (Phi) is 4.86. The summed E-state index contributed by atoms with van der Waals surface area (Å²) in [5, 5.41) is 12.2. The van der Waals surface area contributed by atoms with Gasteiger partial charge in [-0.2, -0.15) is 0 Å². The number of hydrogen-bond acceptors (Lipinski definition) is 6. The number of anilines is 1. The third-order valence-corrected chi connectivity index (χ3v) is 4.30. The first-order chi connectivity index (χ1) is 11.5. The standard InChI is InChI=1S/C16H21N3O5/c1-18-4-6-19(7-5-18)12(16(21)22)9-15(20)17-11-2-3-13-14(8-11)24-10-23-13/h2-3,8,12H,4-7,9-10H2,1H3,(H,17,20)(H,21,22)/t12-/m1/s1. The number of nitrogens with one attached hydrogen (secondary N) is 1. The van der Waals surface area contributed by atoms with Crippen molar-refractivity contribution in [1.82, 2.24) is 9.80 Å². The molecule has 1 saturated heterocycles. The molecule has 130 valence electrons. The molecule has 8 nitrogen and oxygen atoms in total. The first-order valence-corrected chi connectivity index (χ1v) is 7.88. The van der Waals surface area contributed by atoms with Crippen LogP contribution in [-0.2, 0) is 9.59 Å². The largest absolute Gasteiger partial charge is 0.480 e. The highest BCUT2D eigenvalue weighted by molar-refractivity contribution is 5.94. The highest BCUT2D eigenvalue weighted by atomic mass is 16.7. The van der Waals surface area contributed by atoms with Gasteiger partial charge in [-0.15, -0.1) is 0 Å². The fourth-order valence-electron chi connectivity index (χ4n) is 2.87. The van der Waals surface area contributed by atoms with Crippen LogP contribution in [0.3, 0.4) is 0 Å². The predicted octanol–water partition coefficient (Wildman–Crippen LogP) is 0.444. The molecular formula is C16H21N3O5. The van der Waals surface area contributed by atoms with Gasteiger partial charge >= 0.3 is 5.97 Å². The second-order valence-electron chi connectivity index (χ2n) is 6.01. The van der Waals surface area contributed by atoms with Crippen molar-refractivity contribution >= 4 is 17.6 Å². The number of carboxylic acid groups (broad SMARTS) is 1. The van der Waals surface area contributed by atoms with Crippen LogP contribution in [0.15, 0.2) is 18.2 Å². The number of aliphatic carboxylic acids is 1. The molecule has 0 radical (unpaired) electrons. The Hall–Kier alpha value is -2.32. The highest BCUT2D eigenvalue weighted by Crippen LogP contribution is 2.34. The van der Waals surface area contributed by atoms with Gasteiger partial charge in [-0.05, 0) is 19.2 Å². The number of benzene rings is 1. The van der Waals surface area contributed by atoms with Crippen molar-refractivity contribution in [1.29, 1.82) is 0 Å².